The molecule has 0 aliphatic carbocycles. The van der Waals surface area contributed by atoms with Crippen LogP contribution in [0.25, 0.3) is 0 Å². The van der Waals surface area contributed by atoms with Crippen LogP contribution < -0.4 is 16.0 Å². The molecule has 3 amide bonds. The molecule has 1 atom stereocenters. The summed E-state index contributed by atoms with van der Waals surface area (Å²) >= 11 is 9.05. The second-order valence-corrected chi connectivity index (χ2v) is 5.22. The van der Waals surface area contributed by atoms with Crippen molar-refractivity contribution < 1.29 is 14.0 Å². The molecule has 0 aliphatic heterocycles. The molecule has 0 saturated carbocycles. The van der Waals surface area contributed by atoms with Crippen LogP contribution >= 0.6 is 27.5 Å². The third-order valence-electron chi connectivity index (χ3n) is 2.34. The summed E-state index contributed by atoms with van der Waals surface area (Å²) in [5, 5.41) is 7.56. The Labute approximate surface area is 129 Å². The van der Waals surface area contributed by atoms with Gasteiger partial charge in [-0.3, -0.25) is 10.1 Å². The molecule has 1 rings (SSSR count). The van der Waals surface area contributed by atoms with Gasteiger partial charge in [0.2, 0.25) is 5.91 Å². The van der Waals surface area contributed by atoms with Crippen LogP contribution in [-0.4, -0.2) is 24.5 Å². The van der Waals surface area contributed by atoms with Gasteiger partial charge in [0.1, 0.15) is 11.9 Å². The zero-order chi connectivity index (χ0) is 15.3. The molecule has 0 bridgehead atoms. The van der Waals surface area contributed by atoms with Crippen LogP contribution in [-0.2, 0) is 4.79 Å². The number of hydrogen-bond acceptors (Lipinski definition) is 3. The van der Waals surface area contributed by atoms with E-state index in [-0.39, 0.29) is 5.02 Å². The molecule has 3 N–H and O–H groups in total. The lowest BCUT2D eigenvalue weighted by atomic mass is 10.2. The molecule has 8 heteroatoms. The van der Waals surface area contributed by atoms with Crippen molar-refractivity contribution in [1.82, 2.24) is 10.6 Å². The van der Waals surface area contributed by atoms with E-state index >= 15 is 0 Å². The van der Waals surface area contributed by atoms with Gasteiger partial charge < -0.3 is 10.6 Å². The van der Waals surface area contributed by atoms with E-state index in [2.05, 4.69) is 31.9 Å². The van der Waals surface area contributed by atoms with Crippen molar-refractivity contribution in [3.8, 4) is 0 Å². The van der Waals surface area contributed by atoms with Crippen LogP contribution in [0.4, 0.5) is 14.9 Å². The first-order valence-electron chi connectivity index (χ1n) is 5.85. The number of hydrogen-bond donors (Lipinski definition) is 3. The van der Waals surface area contributed by atoms with E-state index in [1.807, 2.05) is 0 Å². The highest BCUT2D eigenvalue weighted by Crippen LogP contribution is 2.32. The van der Waals surface area contributed by atoms with Crippen molar-refractivity contribution in [3.05, 3.63) is 27.4 Å². The minimum absolute atomic E-state index is 0.134. The fraction of sp³-hybridized carbons (Fsp3) is 0.333. The molecule has 0 heterocycles. The van der Waals surface area contributed by atoms with Gasteiger partial charge in [0.05, 0.1) is 10.7 Å². The number of anilines is 1. The number of benzene rings is 1. The Morgan fingerprint density at radius 2 is 2.10 bits per heavy atom. The quantitative estimate of drug-likeness (QED) is 0.767. The fourth-order valence-electron chi connectivity index (χ4n) is 1.39. The molecule has 5 nitrogen and oxygen atoms in total. The van der Waals surface area contributed by atoms with Gasteiger partial charge in [0.25, 0.3) is 0 Å². The zero-order valence-electron chi connectivity index (χ0n) is 10.9. The van der Waals surface area contributed by atoms with E-state index in [1.165, 1.54) is 6.07 Å². The molecule has 1 unspecified atom stereocenters. The number of urea groups is 1. The van der Waals surface area contributed by atoms with Crippen LogP contribution in [0.5, 0.6) is 0 Å². The zero-order valence-corrected chi connectivity index (χ0v) is 13.2. The maximum atomic E-state index is 13.1. The summed E-state index contributed by atoms with van der Waals surface area (Å²) in [5.41, 5.74) is 0.381. The standard InChI is InChI=1S/C12H14BrClFN3O2/c1-3-16-12(20)18-11(19)6(2)17-10-8(13)4-7(15)5-9(10)14/h4-6,17H,3H2,1-2H3,(H2,16,18,19,20). The van der Waals surface area contributed by atoms with Gasteiger partial charge in [-0.25, -0.2) is 9.18 Å². The van der Waals surface area contributed by atoms with E-state index in [0.717, 1.165) is 6.07 Å². The van der Waals surface area contributed by atoms with Crippen molar-refractivity contribution in [1.29, 1.82) is 0 Å². The molecular formula is C12H14BrClFN3O2. The minimum Gasteiger partial charge on any atom is -0.372 e. The van der Waals surface area contributed by atoms with Crippen molar-refractivity contribution in [2.24, 2.45) is 0 Å². The number of imide groups is 1. The van der Waals surface area contributed by atoms with E-state index in [4.69, 9.17) is 11.6 Å². The lowest BCUT2D eigenvalue weighted by Crippen LogP contribution is -2.45. The smallest absolute Gasteiger partial charge is 0.321 e. The van der Waals surface area contributed by atoms with Crippen LogP contribution in [0.1, 0.15) is 13.8 Å². The highest BCUT2D eigenvalue weighted by atomic mass is 79.9. The Balaban J connectivity index is 2.73. The Morgan fingerprint density at radius 1 is 1.45 bits per heavy atom. The van der Waals surface area contributed by atoms with Gasteiger partial charge in [-0.1, -0.05) is 11.6 Å². The van der Waals surface area contributed by atoms with Crippen LogP contribution in [0.2, 0.25) is 5.02 Å². The summed E-state index contributed by atoms with van der Waals surface area (Å²) in [5.74, 6) is -1.02. The molecule has 0 saturated heterocycles. The topological polar surface area (TPSA) is 70.2 Å². The summed E-state index contributed by atoms with van der Waals surface area (Å²) in [4.78, 5) is 23.0. The Kier molecular flexibility index (Phi) is 6.22. The highest BCUT2D eigenvalue weighted by Gasteiger charge is 2.18. The number of rotatable bonds is 4. The monoisotopic (exact) mass is 365 g/mol. The summed E-state index contributed by atoms with van der Waals surface area (Å²) in [6.07, 6.45) is 0. The Bertz CT molecular complexity index is 504. The average Bonchev–Trinajstić information content (AvgIpc) is 2.33. The van der Waals surface area contributed by atoms with E-state index in [1.54, 1.807) is 13.8 Å². The summed E-state index contributed by atoms with van der Waals surface area (Å²) < 4.78 is 13.5. The molecule has 1 aromatic carbocycles. The molecule has 0 fully saturated rings. The van der Waals surface area contributed by atoms with Gasteiger partial charge >= 0.3 is 6.03 Å². The maximum Gasteiger partial charge on any atom is 0.321 e. The van der Waals surface area contributed by atoms with Gasteiger partial charge in [0, 0.05) is 11.0 Å². The average molecular weight is 367 g/mol. The summed E-state index contributed by atoms with van der Waals surface area (Å²) in [6, 6.07) is 1.05. The molecule has 0 radical (unpaired) electrons. The predicted molar refractivity (Wildman–Crippen MR) is 79.4 cm³/mol. The third-order valence-corrected chi connectivity index (χ3v) is 3.26. The Hall–Kier alpha value is -1.34. The first kappa shape index (κ1) is 16.7. The summed E-state index contributed by atoms with van der Waals surface area (Å²) in [6.45, 7) is 3.71. The molecule has 20 heavy (non-hydrogen) atoms. The third kappa shape index (κ3) is 4.64. The lowest BCUT2D eigenvalue weighted by molar-refractivity contribution is -0.120. The van der Waals surface area contributed by atoms with E-state index in [9.17, 15) is 14.0 Å². The SMILES string of the molecule is CCNC(=O)NC(=O)C(C)Nc1c(Cl)cc(F)cc1Br. The normalized spacial score (nSPS) is 11.7. The number of carbonyl (C=O) groups is 2. The maximum absolute atomic E-state index is 13.1. The second kappa shape index (κ2) is 7.44. The van der Waals surface area contributed by atoms with Crippen molar-refractivity contribution in [3.63, 3.8) is 0 Å². The number of carbonyl (C=O) groups excluding carboxylic acids is 2. The van der Waals surface area contributed by atoms with Crippen LogP contribution in [0, 0.1) is 5.82 Å². The molecular weight excluding hydrogens is 353 g/mol. The molecule has 0 spiro atoms. The first-order chi connectivity index (χ1) is 9.35. The number of nitrogens with one attached hydrogen (secondary N) is 3. The van der Waals surface area contributed by atoms with Crippen LogP contribution in [0.3, 0.4) is 0 Å². The fourth-order valence-corrected chi connectivity index (χ4v) is 2.31. The van der Waals surface area contributed by atoms with E-state index in [0.29, 0.717) is 16.7 Å². The van der Waals surface area contributed by atoms with Crippen LogP contribution in [0.15, 0.2) is 16.6 Å². The highest BCUT2D eigenvalue weighted by molar-refractivity contribution is 9.10. The second-order valence-electron chi connectivity index (χ2n) is 3.96. The number of amides is 3. The lowest BCUT2D eigenvalue weighted by Gasteiger charge is -2.17. The van der Waals surface area contributed by atoms with Crippen molar-refractivity contribution in [2.75, 3.05) is 11.9 Å². The molecule has 0 aromatic heterocycles. The first-order valence-corrected chi connectivity index (χ1v) is 7.02. The molecule has 0 aliphatic rings. The van der Waals surface area contributed by atoms with E-state index < -0.39 is 23.8 Å². The largest absolute Gasteiger partial charge is 0.372 e. The van der Waals surface area contributed by atoms with Gasteiger partial charge in [-0.15, -0.1) is 0 Å². The molecule has 110 valence electrons. The summed E-state index contributed by atoms with van der Waals surface area (Å²) in [7, 11) is 0. The number of halogens is 3. The minimum atomic E-state index is -0.725. The van der Waals surface area contributed by atoms with Crippen molar-refractivity contribution in [2.45, 2.75) is 19.9 Å². The Morgan fingerprint density at radius 3 is 2.65 bits per heavy atom. The molecule has 1 aromatic rings. The van der Waals surface area contributed by atoms with Gasteiger partial charge in [-0.2, -0.15) is 0 Å². The van der Waals surface area contributed by atoms with Gasteiger partial charge in [0.15, 0.2) is 0 Å². The predicted octanol–water partition coefficient (Wildman–Crippen LogP) is 2.89. The van der Waals surface area contributed by atoms with Crippen molar-refractivity contribution >= 4 is 45.2 Å². The van der Waals surface area contributed by atoms with Gasteiger partial charge in [-0.05, 0) is 41.9 Å².